The lowest BCUT2D eigenvalue weighted by Gasteiger charge is -2.37. The van der Waals surface area contributed by atoms with Crippen LogP contribution >= 0.6 is 11.3 Å². The molecule has 1 saturated heterocycles. The lowest BCUT2D eigenvalue weighted by Crippen LogP contribution is -2.45. The van der Waals surface area contributed by atoms with Crippen LogP contribution in [0.2, 0.25) is 0 Å². The number of ether oxygens (including phenoxy) is 4. The molecule has 0 spiro atoms. The number of hydrogen-bond acceptors (Lipinski definition) is 9. The Bertz CT molecular complexity index is 1220. The third-order valence-electron chi connectivity index (χ3n) is 6.78. The number of nitrogens with one attached hydrogen (secondary N) is 1. The zero-order chi connectivity index (χ0) is 30.4. The van der Waals surface area contributed by atoms with Gasteiger partial charge in [-0.25, -0.2) is 9.59 Å². The first-order valence-electron chi connectivity index (χ1n) is 14.3. The monoisotopic (exact) mass is 586 g/mol. The number of methoxy groups -OCH3 is 2. The maximum atomic E-state index is 13.4. The number of thiophene rings is 1. The highest BCUT2D eigenvalue weighted by Crippen LogP contribution is 2.35. The number of carbonyl (C=O) groups is 2. The topological polar surface area (TPSA) is 86.3 Å². The van der Waals surface area contributed by atoms with Crippen molar-refractivity contribution in [1.29, 1.82) is 0 Å². The van der Waals surface area contributed by atoms with E-state index in [0.29, 0.717) is 29.6 Å². The molecule has 0 saturated carbocycles. The molecule has 9 heteroatoms. The van der Waals surface area contributed by atoms with E-state index in [-0.39, 0.29) is 17.0 Å². The van der Waals surface area contributed by atoms with Crippen molar-refractivity contribution in [2.45, 2.75) is 98.9 Å². The summed E-state index contributed by atoms with van der Waals surface area (Å²) in [4.78, 5) is 31.3. The molecule has 1 atom stereocenters. The number of hydrogen-bond donors (Lipinski definition) is 1. The van der Waals surface area contributed by atoms with E-state index < -0.39 is 17.7 Å². The van der Waals surface area contributed by atoms with Crippen LogP contribution in [0.3, 0.4) is 0 Å². The highest BCUT2D eigenvalue weighted by Gasteiger charge is 2.43. The summed E-state index contributed by atoms with van der Waals surface area (Å²) in [6.07, 6.45) is 5.05. The van der Waals surface area contributed by atoms with E-state index in [9.17, 15) is 9.59 Å². The van der Waals surface area contributed by atoms with Crippen molar-refractivity contribution in [2.75, 3.05) is 19.5 Å². The van der Waals surface area contributed by atoms with Gasteiger partial charge in [0.05, 0.1) is 26.5 Å². The van der Waals surface area contributed by atoms with Crippen molar-refractivity contribution >= 4 is 29.0 Å². The number of anilines is 1. The van der Waals surface area contributed by atoms with Gasteiger partial charge >= 0.3 is 11.9 Å². The number of carbonyl (C=O) groups excluding carboxylic acids is 2. The van der Waals surface area contributed by atoms with Gasteiger partial charge in [-0.15, -0.1) is 11.3 Å². The Morgan fingerprint density at radius 1 is 1.02 bits per heavy atom. The third-order valence-corrected chi connectivity index (χ3v) is 7.85. The van der Waals surface area contributed by atoms with Crippen molar-refractivity contribution in [1.82, 2.24) is 4.90 Å². The molecule has 0 aliphatic carbocycles. The Balaban J connectivity index is 2.14. The average Bonchev–Trinajstić information content (AvgIpc) is 3.30. The van der Waals surface area contributed by atoms with Gasteiger partial charge in [-0.3, -0.25) is 0 Å². The third kappa shape index (κ3) is 8.89. The fourth-order valence-corrected chi connectivity index (χ4v) is 6.06. The van der Waals surface area contributed by atoms with Gasteiger partial charge in [0.25, 0.3) is 5.79 Å². The predicted molar refractivity (Wildman–Crippen MR) is 163 cm³/mol. The van der Waals surface area contributed by atoms with E-state index in [1.54, 1.807) is 57.6 Å². The Morgan fingerprint density at radius 2 is 1.68 bits per heavy atom. The van der Waals surface area contributed by atoms with Gasteiger partial charge < -0.3 is 29.2 Å². The molecule has 0 radical (unpaired) electrons. The van der Waals surface area contributed by atoms with Crippen LogP contribution < -0.4 is 14.8 Å². The number of esters is 2. The lowest BCUT2D eigenvalue weighted by atomic mass is 9.92. The predicted octanol–water partition coefficient (Wildman–Crippen LogP) is 7.28. The zero-order valence-electron chi connectivity index (χ0n) is 26.0. The van der Waals surface area contributed by atoms with E-state index in [1.165, 1.54) is 4.88 Å². The van der Waals surface area contributed by atoms with Crippen LogP contribution in [0.25, 0.3) is 0 Å². The molecule has 1 fully saturated rings. The molecule has 41 heavy (non-hydrogen) atoms. The van der Waals surface area contributed by atoms with Crippen molar-refractivity contribution in [3.05, 3.63) is 51.5 Å². The fourth-order valence-electron chi connectivity index (χ4n) is 4.75. The largest absolute Gasteiger partial charge is 0.497 e. The van der Waals surface area contributed by atoms with Crippen LogP contribution in [0.15, 0.2) is 41.7 Å². The molecule has 1 N–H and O–H groups in total. The molecule has 1 aliphatic heterocycles. The number of rotatable bonds is 13. The lowest BCUT2D eigenvalue weighted by molar-refractivity contribution is -0.222. The molecule has 226 valence electrons. The minimum absolute atomic E-state index is 0.00973. The number of nitrogens with zero attached hydrogens (tertiary/aromatic N) is 1. The standard InChI is InChI=1S/C32H46N2O6S/c1-10-11-12-13-21(2)34(20-24-16-15-23(41-24)19-31(3,4)5)28(27-29(35)39-32(6,7)40-30(27)36)33-25-17-14-22(37-8)18-26(25)38-9/h14-18,21,33H,10-13,19-20H2,1-9H3. The van der Waals surface area contributed by atoms with Crippen LogP contribution in [0.5, 0.6) is 11.5 Å². The second-order valence-electron chi connectivity index (χ2n) is 12.2. The maximum absolute atomic E-state index is 13.4. The Kier molecular flexibility index (Phi) is 10.8. The number of benzene rings is 1. The second kappa shape index (κ2) is 13.6. The molecular formula is C32H46N2O6S. The summed E-state index contributed by atoms with van der Waals surface area (Å²) in [5.41, 5.74) is 0.569. The van der Waals surface area contributed by atoms with Gasteiger partial charge in [-0.05, 0) is 49.4 Å². The van der Waals surface area contributed by atoms with Crippen molar-refractivity contribution in [3.8, 4) is 11.5 Å². The first-order valence-corrected chi connectivity index (χ1v) is 15.1. The molecule has 1 aromatic heterocycles. The Labute approximate surface area is 249 Å². The molecule has 2 heterocycles. The smallest absolute Gasteiger partial charge is 0.352 e. The highest BCUT2D eigenvalue weighted by atomic mass is 32.1. The molecule has 0 bridgehead atoms. The van der Waals surface area contributed by atoms with E-state index >= 15 is 0 Å². The maximum Gasteiger partial charge on any atom is 0.352 e. The summed E-state index contributed by atoms with van der Waals surface area (Å²) >= 11 is 1.75. The molecule has 3 rings (SSSR count). The quantitative estimate of drug-likeness (QED) is 0.113. The van der Waals surface area contributed by atoms with E-state index in [2.05, 4.69) is 57.0 Å². The number of unbranched alkanes of at least 4 members (excludes halogenated alkanes) is 2. The minimum atomic E-state index is -1.35. The second-order valence-corrected chi connectivity index (χ2v) is 13.4. The van der Waals surface area contributed by atoms with Crippen LogP contribution in [-0.4, -0.2) is 42.9 Å². The van der Waals surface area contributed by atoms with Crippen molar-refractivity contribution in [2.24, 2.45) is 5.41 Å². The molecule has 1 aromatic carbocycles. The molecule has 2 aromatic rings. The van der Waals surface area contributed by atoms with Gasteiger partial charge in [0.2, 0.25) is 0 Å². The highest BCUT2D eigenvalue weighted by molar-refractivity contribution is 7.12. The summed E-state index contributed by atoms with van der Waals surface area (Å²) in [5.74, 6) is -1.36. The molecule has 1 aliphatic rings. The first-order chi connectivity index (χ1) is 19.3. The summed E-state index contributed by atoms with van der Waals surface area (Å²) in [6.45, 7) is 14.6. The Morgan fingerprint density at radius 3 is 2.27 bits per heavy atom. The van der Waals surface area contributed by atoms with Gasteiger partial charge in [0.1, 0.15) is 17.3 Å². The number of cyclic esters (lactones) is 2. The SMILES string of the molecule is CCCCCC(C)N(Cc1ccc(CC(C)(C)C)s1)C(Nc1ccc(OC)cc1OC)=C1C(=O)OC(C)(C)OC1=O. The Hall–Kier alpha value is -3.20. The summed E-state index contributed by atoms with van der Waals surface area (Å²) in [6, 6.07) is 9.63. The summed E-state index contributed by atoms with van der Waals surface area (Å²) < 4.78 is 22.1. The molecular weight excluding hydrogens is 540 g/mol. The summed E-state index contributed by atoms with van der Waals surface area (Å²) in [7, 11) is 3.14. The molecule has 8 nitrogen and oxygen atoms in total. The van der Waals surface area contributed by atoms with Gasteiger partial charge in [-0.1, -0.05) is 47.0 Å². The van der Waals surface area contributed by atoms with Crippen molar-refractivity contribution < 1.29 is 28.5 Å². The summed E-state index contributed by atoms with van der Waals surface area (Å²) in [5, 5.41) is 3.37. The average molecular weight is 587 g/mol. The normalized spacial score (nSPS) is 15.6. The van der Waals surface area contributed by atoms with E-state index in [4.69, 9.17) is 18.9 Å². The first kappa shape index (κ1) is 32.3. The van der Waals surface area contributed by atoms with Crippen LogP contribution in [0, 0.1) is 5.41 Å². The van der Waals surface area contributed by atoms with Crippen molar-refractivity contribution in [3.63, 3.8) is 0 Å². The van der Waals surface area contributed by atoms with E-state index in [1.807, 2.05) is 0 Å². The molecule has 1 unspecified atom stereocenters. The minimum Gasteiger partial charge on any atom is -0.497 e. The van der Waals surface area contributed by atoms with Crippen LogP contribution in [0.4, 0.5) is 5.69 Å². The van der Waals surface area contributed by atoms with Crippen LogP contribution in [-0.2, 0) is 32.0 Å². The van der Waals surface area contributed by atoms with E-state index in [0.717, 1.165) is 37.0 Å². The van der Waals surface area contributed by atoms with Gasteiger partial charge in [-0.2, -0.15) is 0 Å². The zero-order valence-corrected chi connectivity index (χ0v) is 26.8. The fraction of sp³-hybridized carbons (Fsp3) is 0.562. The van der Waals surface area contributed by atoms with Gasteiger partial charge in [0, 0.05) is 35.7 Å². The van der Waals surface area contributed by atoms with Gasteiger partial charge in [0.15, 0.2) is 5.57 Å². The molecule has 0 amide bonds. The van der Waals surface area contributed by atoms with Crippen LogP contribution in [0.1, 0.15) is 83.9 Å².